The smallest absolute Gasteiger partial charge is 0.0912 e. The van der Waals surface area contributed by atoms with Crippen molar-refractivity contribution >= 4 is 34.7 Å². The van der Waals surface area contributed by atoms with Gasteiger partial charge in [-0.25, -0.2) is 0 Å². The number of hydrogen-bond acceptors (Lipinski definition) is 3. The molecule has 3 nitrogen and oxygen atoms in total. The maximum atomic E-state index is 6.31. The molecule has 0 unspecified atom stereocenters. The number of para-hydroxylation sites is 1. The zero-order chi connectivity index (χ0) is 18.1. The van der Waals surface area contributed by atoms with Crippen molar-refractivity contribution in [3.8, 4) is 0 Å². The lowest BCUT2D eigenvalue weighted by Gasteiger charge is -2.39. The Kier molecular flexibility index (Phi) is 5.20. The first-order chi connectivity index (χ1) is 12.5. The molecule has 2 aromatic rings. The highest BCUT2D eigenvalue weighted by Crippen LogP contribution is 2.48. The third-order valence-electron chi connectivity index (χ3n) is 5.49. The zero-order valence-corrected chi connectivity index (χ0v) is 17.2. The molecule has 26 heavy (non-hydrogen) atoms. The van der Waals surface area contributed by atoms with E-state index in [0.29, 0.717) is 0 Å². The van der Waals surface area contributed by atoms with Gasteiger partial charge in [0.2, 0.25) is 0 Å². The van der Waals surface area contributed by atoms with Crippen LogP contribution in [0.4, 0.5) is 11.4 Å². The first kappa shape index (κ1) is 18.2. The number of piperazine rings is 1. The van der Waals surface area contributed by atoms with Crippen molar-refractivity contribution in [2.45, 2.75) is 16.2 Å². The molecule has 2 aliphatic heterocycles. The van der Waals surface area contributed by atoms with Gasteiger partial charge in [0.25, 0.3) is 0 Å². The second-order valence-electron chi connectivity index (χ2n) is 7.91. The second-order valence-corrected chi connectivity index (χ2v) is 9.43. The van der Waals surface area contributed by atoms with Crippen LogP contribution in [0.25, 0.3) is 0 Å². The SMILES string of the molecule is C[N+]1(C)CCN(CCCN2c3ccccc3Sc3ccc(Cl)cc32)CC1. The zero-order valence-electron chi connectivity index (χ0n) is 15.6. The Hall–Kier alpha value is -1.20. The van der Waals surface area contributed by atoms with E-state index in [2.05, 4.69) is 60.3 Å². The van der Waals surface area contributed by atoms with Crippen molar-refractivity contribution in [3.05, 3.63) is 47.5 Å². The summed E-state index contributed by atoms with van der Waals surface area (Å²) in [6, 6.07) is 15.0. The van der Waals surface area contributed by atoms with Gasteiger partial charge in [0.05, 0.1) is 38.6 Å². The summed E-state index contributed by atoms with van der Waals surface area (Å²) in [5.74, 6) is 0. The molecule has 0 radical (unpaired) electrons. The van der Waals surface area contributed by atoms with E-state index in [0.717, 1.165) is 16.1 Å². The van der Waals surface area contributed by atoms with E-state index >= 15 is 0 Å². The molecule has 0 bridgehead atoms. The van der Waals surface area contributed by atoms with Gasteiger partial charge in [-0.1, -0.05) is 35.5 Å². The minimum atomic E-state index is 0.810. The summed E-state index contributed by atoms with van der Waals surface area (Å²) >= 11 is 8.15. The number of likely N-dealkylation sites (N-methyl/N-ethyl adjacent to an activating group) is 1. The van der Waals surface area contributed by atoms with Crippen molar-refractivity contribution in [1.82, 2.24) is 4.90 Å². The Bertz CT molecular complexity index is 783. The van der Waals surface area contributed by atoms with Crippen LogP contribution in [-0.4, -0.2) is 62.7 Å². The van der Waals surface area contributed by atoms with Crippen LogP contribution >= 0.6 is 23.4 Å². The van der Waals surface area contributed by atoms with Gasteiger partial charge < -0.3 is 9.38 Å². The van der Waals surface area contributed by atoms with Crippen LogP contribution in [0.5, 0.6) is 0 Å². The molecular weight excluding hydrogens is 362 g/mol. The number of quaternary nitrogens is 1. The van der Waals surface area contributed by atoms with Crippen LogP contribution in [0, 0.1) is 0 Å². The largest absolute Gasteiger partial charge is 0.340 e. The molecule has 2 heterocycles. The summed E-state index contributed by atoms with van der Waals surface area (Å²) < 4.78 is 1.15. The third kappa shape index (κ3) is 3.89. The fraction of sp³-hybridized carbons (Fsp3) is 0.429. The molecule has 1 fully saturated rings. The van der Waals surface area contributed by atoms with Gasteiger partial charge in [0, 0.05) is 41.0 Å². The fourth-order valence-electron chi connectivity index (χ4n) is 3.77. The number of benzene rings is 2. The first-order valence-electron chi connectivity index (χ1n) is 9.40. The molecular formula is C21H27ClN3S+. The van der Waals surface area contributed by atoms with Gasteiger partial charge in [-0.3, -0.25) is 4.90 Å². The fourth-order valence-corrected chi connectivity index (χ4v) is 5.01. The Morgan fingerprint density at radius 3 is 2.50 bits per heavy atom. The minimum absolute atomic E-state index is 0.810. The van der Waals surface area contributed by atoms with Crippen molar-refractivity contribution in [3.63, 3.8) is 0 Å². The molecule has 138 valence electrons. The molecule has 1 saturated heterocycles. The lowest BCUT2D eigenvalue weighted by atomic mass is 10.2. The van der Waals surface area contributed by atoms with E-state index in [1.807, 2.05) is 17.8 Å². The predicted molar refractivity (Wildman–Crippen MR) is 112 cm³/mol. The van der Waals surface area contributed by atoms with Gasteiger partial charge >= 0.3 is 0 Å². The number of halogens is 1. The Labute approximate surface area is 166 Å². The van der Waals surface area contributed by atoms with E-state index < -0.39 is 0 Å². The van der Waals surface area contributed by atoms with E-state index in [4.69, 9.17) is 11.6 Å². The first-order valence-corrected chi connectivity index (χ1v) is 10.6. The van der Waals surface area contributed by atoms with E-state index in [9.17, 15) is 0 Å². The average Bonchev–Trinajstić information content (AvgIpc) is 2.63. The summed E-state index contributed by atoms with van der Waals surface area (Å²) in [6.07, 6.45) is 1.17. The topological polar surface area (TPSA) is 6.48 Å². The maximum Gasteiger partial charge on any atom is 0.0912 e. The van der Waals surface area contributed by atoms with Crippen molar-refractivity contribution in [1.29, 1.82) is 0 Å². The normalized spacial score (nSPS) is 19.1. The van der Waals surface area contributed by atoms with Crippen LogP contribution in [0.3, 0.4) is 0 Å². The second kappa shape index (κ2) is 7.43. The van der Waals surface area contributed by atoms with Crippen LogP contribution in [0.15, 0.2) is 52.3 Å². The molecule has 0 aliphatic carbocycles. The van der Waals surface area contributed by atoms with Crippen LogP contribution in [-0.2, 0) is 0 Å². The third-order valence-corrected chi connectivity index (χ3v) is 6.85. The van der Waals surface area contributed by atoms with Gasteiger partial charge in [-0.15, -0.1) is 0 Å². The van der Waals surface area contributed by atoms with E-state index in [1.165, 1.54) is 60.3 Å². The minimum Gasteiger partial charge on any atom is -0.340 e. The summed E-state index contributed by atoms with van der Waals surface area (Å²) in [5.41, 5.74) is 2.56. The average molecular weight is 389 g/mol. The molecule has 0 N–H and O–H groups in total. The molecule has 2 aromatic carbocycles. The lowest BCUT2D eigenvalue weighted by Crippen LogP contribution is -2.54. The molecule has 2 aliphatic rings. The highest BCUT2D eigenvalue weighted by Gasteiger charge is 2.25. The molecule has 4 rings (SSSR count). The number of rotatable bonds is 4. The molecule has 0 spiro atoms. The van der Waals surface area contributed by atoms with Crippen LogP contribution in [0.1, 0.15) is 6.42 Å². The highest BCUT2D eigenvalue weighted by molar-refractivity contribution is 7.99. The summed E-state index contributed by atoms with van der Waals surface area (Å²) in [5, 5.41) is 0.810. The van der Waals surface area contributed by atoms with Crippen molar-refractivity contribution in [2.75, 3.05) is 58.3 Å². The van der Waals surface area contributed by atoms with Crippen LogP contribution in [0.2, 0.25) is 5.02 Å². The molecule has 0 aromatic heterocycles. The van der Waals surface area contributed by atoms with Gasteiger partial charge in [-0.2, -0.15) is 0 Å². The number of anilines is 2. The summed E-state index contributed by atoms with van der Waals surface area (Å²) in [7, 11) is 4.67. The quantitative estimate of drug-likeness (QED) is 0.699. The Morgan fingerprint density at radius 2 is 1.69 bits per heavy atom. The van der Waals surface area contributed by atoms with Crippen molar-refractivity contribution in [2.24, 2.45) is 0 Å². The van der Waals surface area contributed by atoms with E-state index in [1.54, 1.807) is 0 Å². The van der Waals surface area contributed by atoms with E-state index in [-0.39, 0.29) is 0 Å². The molecule has 0 saturated carbocycles. The molecule has 0 amide bonds. The number of fused-ring (bicyclic) bond motifs is 2. The molecule has 0 atom stereocenters. The predicted octanol–water partition coefficient (Wildman–Crippen LogP) is 4.72. The van der Waals surface area contributed by atoms with Crippen LogP contribution < -0.4 is 4.90 Å². The van der Waals surface area contributed by atoms with Gasteiger partial charge in [-0.05, 0) is 36.8 Å². The number of nitrogens with zero attached hydrogens (tertiary/aromatic N) is 3. The summed E-state index contributed by atoms with van der Waals surface area (Å²) in [4.78, 5) is 7.70. The Balaban J connectivity index is 1.47. The summed E-state index contributed by atoms with van der Waals surface area (Å²) in [6.45, 7) is 7.12. The lowest BCUT2D eigenvalue weighted by molar-refractivity contribution is -0.894. The molecule has 5 heteroatoms. The highest BCUT2D eigenvalue weighted by atomic mass is 35.5. The number of hydrogen-bond donors (Lipinski definition) is 0. The Morgan fingerprint density at radius 1 is 0.962 bits per heavy atom. The standard InChI is InChI=1S/C21H27ClN3S/c1-25(2)14-12-23(13-15-25)10-5-11-24-18-6-3-4-7-20(18)26-21-9-8-17(22)16-19(21)24/h3-4,6-9,16H,5,10-15H2,1-2H3/q+1. The maximum absolute atomic E-state index is 6.31. The van der Waals surface area contributed by atoms with Gasteiger partial charge in [0.15, 0.2) is 0 Å². The monoisotopic (exact) mass is 388 g/mol. The van der Waals surface area contributed by atoms with Crippen molar-refractivity contribution < 1.29 is 4.48 Å². The van der Waals surface area contributed by atoms with Gasteiger partial charge in [0.1, 0.15) is 0 Å².